The van der Waals surface area contributed by atoms with Crippen LogP contribution < -0.4 is 15.9 Å². The van der Waals surface area contributed by atoms with Crippen LogP contribution in [0.4, 0.5) is 0 Å². The molecule has 0 saturated carbocycles. The van der Waals surface area contributed by atoms with E-state index in [0.29, 0.717) is 18.6 Å². The van der Waals surface area contributed by atoms with Crippen molar-refractivity contribution < 1.29 is 9.53 Å². The van der Waals surface area contributed by atoms with Crippen LogP contribution in [0.2, 0.25) is 0 Å². The fourth-order valence-corrected chi connectivity index (χ4v) is 8.68. The molecule has 1 aliphatic heterocycles. The van der Waals surface area contributed by atoms with E-state index in [-0.39, 0.29) is 5.97 Å². The molecule has 0 fully saturated rings. The molecule has 3 aromatic rings. The number of thioether (sulfide) groups is 1. The van der Waals surface area contributed by atoms with Crippen molar-refractivity contribution in [2.24, 2.45) is 4.74 Å². The lowest BCUT2D eigenvalue weighted by molar-refractivity contribution is -0.138. The fourth-order valence-electron chi connectivity index (χ4n) is 3.80. The van der Waals surface area contributed by atoms with E-state index in [1.54, 1.807) is 11.8 Å². The van der Waals surface area contributed by atoms with E-state index < -0.39 is 7.05 Å². The highest BCUT2D eigenvalue weighted by Crippen LogP contribution is 2.50. The Balaban J connectivity index is 2.08. The standard InChI is InChI=1S/C26H26NO2PS/c1-2-29-26(28)24-19-12-20-31-25(24)27-30(21-13-6-3-7-14-21,22-15-8-4-9-16-22)23-17-10-5-11-18-23/h3-11,13-18H,2,12,19-20H2,1H3. The number of hydrogen-bond donors (Lipinski definition) is 0. The summed E-state index contributed by atoms with van der Waals surface area (Å²) in [6.07, 6.45) is 1.67. The monoisotopic (exact) mass is 447 g/mol. The van der Waals surface area contributed by atoms with Gasteiger partial charge < -0.3 is 4.74 Å². The highest BCUT2D eigenvalue weighted by Gasteiger charge is 2.30. The molecular weight excluding hydrogens is 421 g/mol. The van der Waals surface area contributed by atoms with Gasteiger partial charge >= 0.3 is 5.97 Å². The van der Waals surface area contributed by atoms with Crippen LogP contribution in [0.15, 0.2) is 106 Å². The molecule has 0 N–H and O–H groups in total. The Morgan fingerprint density at radius 1 is 0.871 bits per heavy atom. The lowest BCUT2D eigenvalue weighted by Gasteiger charge is -2.28. The molecular formula is C26H26NO2PS. The van der Waals surface area contributed by atoms with Gasteiger partial charge in [0, 0.05) is 15.9 Å². The van der Waals surface area contributed by atoms with Crippen molar-refractivity contribution in [3.8, 4) is 0 Å². The Hall–Kier alpha value is -2.55. The molecule has 4 rings (SSSR count). The summed E-state index contributed by atoms with van der Waals surface area (Å²) in [5.74, 6) is 0.723. The van der Waals surface area contributed by atoms with Crippen LogP contribution in [-0.2, 0) is 9.53 Å². The van der Waals surface area contributed by atoms with Gasteiger partial charge in [0.15, 0.2) is 0 Å². The zero-order chi connectivity index (χ0) is 21.5. The van der Waals surface area contributed by atoms with Crippen LogP contribution in [0, 0.1) is 0 Å². The van der Waals surface area contributed by atoms with Gasteiger partial charge in [-0.2, -0.15) is 0 Å². The van der Waals surface area contributed by atoms with E-state index in [1.807, 2.05) is 25.1 Å². The van der Waals surface area contributed by atoms with Gasteiger partial charge in [-0.15, -0.1) is 11.8 Å². The Bertz CT molecular complexity index is 1010. The number of esters is 1. The summed E-state index contributed by atoms with van der Waals surface area (Å²) in [7, 11) is -2.38. The van der Waals surface area contributed by atoms with Gasteiger partial charge in [0.05, 0.1) is 19.2 Å². The molecule has 0 aromatic heterocycles. The molecule has 0 unspecified atom stereocenters. The second kappa shape index (κ2) is 10.2. The van der Waals surface area contributed by atoms with E-state index in [1.165, 1.54) is 15.9 Å². The van der Waals surface area contributed by atoms with Crippen molar-refractivity contribution in [1.82, 2.24) is 0 Å². The molecule has 3 aromatic carbocycles. The van der Waals surface area contributed by atoms with Crippen molar-refractivity contribution in [2.45, 2.75) is 19.8 Å². The van der Waals surface area contributed by atoms with Crippen LogP contribution >= 0.6 is 18.8 Å². The molecule has 0 radical (unpaired) electrons. The summed E-state index contributed by atoms with van der Waals surface area (Å²) in [4.78, 5) is 12.8. The van der Waals surface area contributed by atoms with Crippen LogP contribution in [0.3, 0.4) is 0 Å². The topological polar surface area (TPSA) is 38.7 Å². The lowest BCUT2D eigenvalue weighted by atomic mass is 10.1. The summed E-state index contributed by atoms with van der Waals surface area (Å²) >= 11 is 1.68. The average molecular weight is 448 g/mol. The van der Waals surface area contributed by atoms with E-state index in [2.05, 4.69) is 72.8 Å². The number of rotatable bonds is 6. The molecule has 0 aliphatic carbocycles. The molecule has 3 nitrogen and oxygen atoms in total. The van der Waals surface area contributed by atoms with Crippen molar-refractivity contribution >= 4 is 40.7 Å². The van der Waals surface area contributed by atoms with Crippen LogP contribution in [0.5, 0.6) is 0 Å². The maximum atomic E-state index is 12.8. The maximum absolute atomic E-state index is 12.8. The summed E-state index contributed by atoms with van der Waals surface area (Å²) in [6, 6.07) is 31.5. The predicted molar refractivity (Wildman–Crippen MR) is 133 cm³/mol. The third-order valence-corrected chi connectivity index (χ3v) is 10.1. The van der Waals surface area contributed by atoms with Crippen molar-refractivity contribution in [3.05, 3.63) is 102 Å². The SMILES string of the molecule is CCOC(=O)C1=C(N=P(c2ccccc2)(c2ccccc2)c2ccccc2)SCCC1. The second-order valence-electron chi connectivity index (χ2n) is 7.20. The van der Waals surface area contributed by atoms with Crippen molar-refractivity contribution in [2.75, 3.05) is 12.4 Å². The highest BCUT2D eigenvalue weighted by atomic mass is 32.2. The molecule has 0 bridgehead atoms. The van der Waals surface area contributed by atoms with Gasteiger partial charge in [0.25, 0.3) is 0 Å². The fraction of sp³-hybridized carbons (Fsp3) is 0.192. The Morgan fingerprint density at radius 3 is 1.81 bits per heavy atom. The molecule has 5 heteroatoms. The number of hydrogen-bond acceptors (Lipinski definition) is 4. The minimum atomic E-state index is -2.38. The number of carbonyl (C=O) groups is 1. The first-order valence-corrected chi connectivity index (χ1v) is 13.3. The number of carbonyl (C=O) groups excluding carboxylic acids is 1. The maximum Gasteiger partial charge on any atom is 0.336 e. The number of ether oxygens (including phenoxy) is 1. The summed E-state index contributed by atoms with van der Waals surface area (Å²) < 4.78 is 10.9. The first kappa shape index (κ1) is 21.7. The summed E-state index contributed by atoms with van der Waals surface area (Å²) in [6.45, 7) is 2.22. The lowest BCUT2D eigenvalue weighted by Crippen LogP contribution is -2.25. The van der Waals surface area contributed by atoms with Crippen molar-refractivity contribution in [3.63, 3.8) is 0 Å². The molecule has 31 heavy (non-hydrogen) atoms. The quantitative estimate of drug-likeness (QED) is 0.372. The van der Waals surface area contributed by atoms with E-state index in [9.17, 15) is 4.79 Å². The van der Waals surface area contributed by atoms with Gasteiger partial charge in [-0.25, -0.2) is 9.54 Å². The zero-order valence-corrected chi connectivity index (χ0v) is 19.3. The summed E-state index contributed by atoms with van der Waals surface area (Å²) in [5.41, 5.74) is 0.713. The molecule has 158 valence electrons. The number of nitrogens with zero attached hydrogens (tertiary/aromatic N) is 1. The third kappa shape index (κ3) is 4.56. The molecule has 0 spiro atoms. The van der Waals surface area contributed by atoms with Crippen LogP contribution in [-0.4, -0.2) is 18.3 Å². The second-order valence-corrected chi connectivity index (χ2v) is 11.3. The summed E-state index contributed by atoms with van der Waals surface area (Å²) in [5, 5.41) is 4.35. The molecule has 0 saturated heterocycles. The Kier molecular flexibility index (Phi) is 7.11. The van der Waals surface area contributed by atoms with E-state index >= 15 is 0 Å². The zero-order valence-electron chi connectivity index (χ0n) is 17.6. The van der Waals surface area contributed by atoms with Crippen LogP contribution in [0.25, 0.3) is 0 Å². The Labute approximate surface area is 188 Å². The molecule has 1 aliphatic rings. The predicted octanol–water partition coefficient (Wildman–Crippen LogP) is 5.47. The minimum Gasteiger partial charge on any atom is -0.463 e. The number of benzene rings is 3. The largest absolute Gasteiger partial charge is 0.463 e. The van der Waals surface area contributed by atoms with Gasteiger partial charge in [-0.3, -0.25) is 0 Å². The van der Waals surface area contributed by atoms with E-state index in [4.69, 9.17) is 9.48 Å². The third-order valence-electron chi connectivity index (χ3n) is 5.22. The first-order valence-electron chi connectivity index (χ1n) is 10.6. The Morgan fingerprint density at radius 2 is 1.35 bits per heavy atom. The molecule has 1 heterocycles. The molecule has 0 amide bonds. The normalized spacial score (nSPS) is 14.2. The van der Waals surface area contributed by atoms with Gasteiger partial charge in [0.1, 0.15) is 5.03 Å². The van der Waals surface area contributed by atoms with Crippen molar-refractivity contribution in [1.29, 1.82) is 0 Å². The van der Waals surface area contributed by atoms with Crippen LogP contribution in [0.1, 0.15) is 19.8 Å². The minimum absolute atomic E-state index is 0.235. The van der Waals surface area contributed by atoms with Gasteiger partial charge in [0.2, 0.25) is 0 Å². The van der Waals surface area contributed by atoms with E-state index in [0.717, 1.165) is 17.2 Å². The highest BCUT2D eigenvalue weighted by molar-refractivity contribution is 8.03. The average Bonchev–Trinajstić information content (AvgIpc) is 2.84. The van der Waals surface area contributed by atoms with Gasteiger partial charge in [-0.05, 0) is 25.5 Å². The first-order chi connectivity index (χ1) is 15.3. The smallest absolute Gasteiger partial charge is 0.336 e. The molecule has 0 atom stereocenters. The van der Waals surface area contributed by atoms with Gasteiger partial charge in [-0.1, -0.05) is 91.0 Å².